The number of carbonyl (C=O) groups excluding carboxylic acids is 1. The Balaban J connectivity index is 1.36. The van der Waals surface area contributed by atoms with Gasteiger partial charge >= 0.3 is 0 Å². The Labute approximate surface area is 167 Å². The molecule has 4 nitrogen and oxygen atoms in total. The molecule has 0 bridgehead atoms. The van der Waals surface area contributed by atoms with E-state index in [4.69, 9.17) is 4.98 Å². The fraction of sp³-hybridized carbons (Fsp3) is 0.174. The van der Waals surface area contributed by atoms with Crippen molar-refractivity contribution < 1.29 is 4.79 Å². The third-order valence-corrected chi connectivity index (χ3v) is 6.25. The van der Waals surface area contributed by atoms with Crippen molar-refractivity contribution >= 4 is 45.2 Å². The molecule has 0 spiro atoms. The van der Waals surface area contributed by atoms with Gasteiger partial charge in [-0.1, -0.05) is 36.4 Å². The first kappa shape index (κ1) is 17.2. The summed E-state index contributed by atoms with van der Waals surface area (Å²) in [6.07, 6.45) is 4.93. The number of hydrogen-bond acceptors (Lipinski definition) is 4. The highest BCUT2D eigenvalue weighted by molar-refractivity contribution is 8.00. The van der Waals surface area contributed by atoms with E-state index in [1.54, 1.807) is 18.0 Å². The van der Waals surface area contributed by atoms with Crippen molar-refractivity contribution in [1.82, 2.24) is 9.97 Å². The quantitative estimate of drug-likeness (QED) is 0.502. The van der Waals surface area contributed by atoms with Crippen LogP contribution in [0.1, 0.15) is 17.7 Å². The van der Waals surface area contributed by atoms with Crippen molar-refractivity contribution in [2.75, 3.05) is 11.1 Å². The van der Waals surface area contributed by atoms with Gasteiger partial charge in [0, 0.05) is 21.4 Å². The number of aryl methyl sites for hydroxylation is 1. The number of rotatable bonds is 4. The van der Waals surface area contributed by atoms with Crippen molar-refractivity contribution in [2.45, 2.75) is 24.2 Å². The highest BCUT2D eigenvalue weighted by Crippen LogP contribution is 2.36. The molecule has 1 aliphatic rings. The van der Waals surface area contributed by atoms with Crippen LogP contribution in [-0.2, 0) is 17.6 Å². The number of para-hydroxylation sites is 2. The fourth-order valence-electron chi connectivity index (χ4n) is 3.81. The summed E-state index contributed by atoms with van der Waals surface area (Å²) < 4.78 is 0. The third-order valence-electron chi connectivity index (χ3n) is 5.09. The van der Waals surface area contributed by atoms with E-state index in [2.05, 4.69) is 22.4 Å². The van der Waals surface area contributed by atoms with Gasteiger partial charge in [0.25, 0.3) is 0 Å². The molecule has 0 saturated carbocycles. The molecule has 0 radical (unpaired) electrons. The smallest absolute Gasteiger partial charge is 0.234 e. The lowest BCUT2D eigenvalue weighted by molar-refractivity contribution is -0.113. The van der Waals surface area contributed by atoms with Gasteiger partial charge in [-0.05, 0) is 43.0 Å². The summed E-state index contributed by atoms with van der Waals surface area (Å²) in [5, 5.41) is 5.15. The molecule has 138 valence electrons. The lowest BCUT2D eigenvalue weighted by atomic mass is 10.1. The van der Waals surface area contributed by atoms with Crippen LogP contribution in [0.5, 0.6) is 0 Å². The second kappa shape index (κ2) is 7.24. The molecule has 28 heavy (non-hydrogen) atoms. The van der Waals surface area contributed by atoms with Gasteiger partial charge in [0.2, 0.25) is 5.91 Å². The number of nitrogens with zero attached hydrogens (tertiary/aromatic N) is 2. The Morgan fingerprint density at radius 2 is 1.86 bits per heavy atom. The number of amides is 1. The van der Waals surface area contributed by atoms with Crippen molar-refractivity contribution in [2.24, 2.45) is 0 Å². The highest BCUT2D eigenvalue weighted by atomic mass is 32.2. The van der Waals surface area contributed by atoms with Crippen LogP contribution in [-0.4, -0.2) is 21.6 Å². The zero-order chi connectivity index (χ0) is 18.9. The first-order valence-electron chi connectivity index (χ1n) is 9.46. The number of carbonyl (C=O) groups is 1. The van der Waals surface area contributed by atoms with E-state index >= 15 is 0 Å². The molecular weight excluding hydrogens is 366 g/mol. The van der Waals surface area contributed by atoms with Crippen molar-refractivity contribution in [3.63, 3.8) is 0 Å². The number of aromatic nitrogens is 2. The van der Waals surface area contributed by atoms with Gasteiger partial charge in [0.15, 0.2) is 0 Å². The molecule has 1 amide bonds. The van der Waals surface area contributed by atoms with E-state index in [9.17, 15) is 4.79 Å². The van der Waals surface area contributed by atoms with Crippen LogP contribution in [0.15, 0.2) is 65.7 Å². The van der Waals surface area contributed by atoms with Crippen LogP contribution in [0.3, 0.4) is 0 Å². The fourth-order valence-corrected chi connectivity index (χ4v) is 4.88. The van der Waals surface area contributed by atoms with Crippen LogP contribution >= 0.6 is 11.8 Å². The number of fused-ring (bicyclic) bond motifs is 3. The summed E-state index contributed by atoms with van der Waals surface area (Å²) >= 11 is 1.61. The van der Waals surface area contributed by atoms with Crippen LogP contribution in [0.4, 0.5) is 5.69 Å². The first-order valence-corrected chi connectivity index (χ1v) is 10.4. The van der Waals surface area contributed by atoms with Crippen LogP contribution in [0.2, 0.25) is 0 Å². The second-order valence-electron chi connectivity index (χ2n) is 6.99. The summed E-state index contributed by atoms with van der Waals surface area (Å²) in [5.41, 5.74) is 5.19. The molecule has 0 saturated heterocycles. The predicted octanol–water partition coefficient (Wildman–Crippen LogP) is 5.00. The highest BCUT2D eigenvalue weighted by Gasteiger charge is 2.20. The minimum atomic E-state index is -0.0188. The van der Waals surface area contributed by atoms with E-state index in [1.165, 1.54) is 16.2 Å². The van der Waals surface area contributed by atoms with E-state index < -0.39 is 0 Å². The molecule has 0 fully saturated rings. The lowest BCUT2D eigenvalue weighted by Crippen LogP contribution is -2.14. The van der Waals surface area contributed by atoms with Crippen molar-refractivity contribution in [1.29, 1.82) is 0 Å². The van der Waals surface area contributed by atoms with Gasteiger partial charge in [0.1, 0.15) is 0 Å². The zero-order valence-corrected chi connectivity index (χ0v) is 16.1. The molecule has 5 rings (SSSR count). The first-order chi connectivity index (χ1) is 13.8. The Morgan fingerprint density at radius 3 is 2.79 bits per heavy atom. The Morgan fingerprint density at radius 1 is 1.04 bits per heavy atom. The van der Waals surface area contributed by atoms with Gasteiger partial charge in [-0.25, -0.2) is 0 Å². The summed E-state index contributed by atoms with van der Waals surface area (Å²) in [6, 6.07) is 18.1. The molecule has 5 heteroatoms. The molecule has 0 atom stereocenters. The zero-order valence-electron chi connectivity index (χ0n) is 15.3. The molecule has 2 heterocycles. The van der Waals surface area contributed by atoms with Crippen molar-refractivity contribution in [3.8, 4) is 0 Å². The number of thioether (sulfide) groups is 1. The van der Waals surface area contributed by atoms with Crippen LogP contribution in [0, 0.1) is 0 Å². The minimum Gasteiger partial charge on any atom is -0.324 e. The van der Waals surface area contributed by atoms with E-state index in [0.29, 0.717) is 5.75 Å². The van der Waals surface area contributed by atoms with Gasteiger partial charge in [-0.2, -0.15) is 0 Å². The third kappa shape index (κ3) is 3.22. The Hall–Kier alpha value is -2.92. The number of nitrogens with one attached hydrogen (secondary N) is 1. The average Bonchev–Trinajstić information content (AvgIpc) is 3.19. The number of anilines is 1. The molecule has 0 aliphatic heterocycles. The largest absolute Gasteiger partial charge is 0.324 e. The number of hydrogen-bond donors (Lipinski definition) is 1. The summed E-state index contributed by atoms with van der Waals surface area (Å²) in [7, 11) is 0. The SMILES string of the molecule is O=C(CSc1c2c(nc3ccccc13)CCC2)Nc1cnc2ccccc2c1. The lowest BCUT2D eigenvalue weighted by Gasteiger charge is -2.12. The molecule has 2 aromatic carbocycles. The monoisotopic (exact) mass is 385 g/mol. The van der Waals surface area contributed by atoms with Gasteiger partial charge < -0.3 is 5.32 Å². The number of benzene rings is 2. The van der Waals surface area contributed by atoms with Crippen molar-refractivity contribution in [3.05, 3.63) is 72.1 Å². The van der Waals surface area contributed by atoms with E-state index in [1.807, 2.05) is 42.5 Å². The summed E-state index contributed by atoms with van der Waals surface area (Å²) in [5.74, 6) is 0.350. The summed E-state index contributed by atoms with van der Waals surface area (Å²) in [4.78, 5) is 23.0. The molecule has 0 unspecified atom stereocenters. The topological polar surface area (TPSA) is 54.9 Å². The minimum absolute atomic E-state index is 0.0188. The average molecular weight is 385 g/mol. The number of pyridine rings is 2. The standard InChI is InChI=1S/C23H19N3OS/c27-22(25-16-12-15-6-1-3-9-19(15)24-13-16)14-28-23-17-7-2-4-10-20(17)26-21-11-5-8-18(21)23/h1-4,6-7,9-10,12-13H,5,8,11,14H2,(H,25,27). The Kier molecular flexibility index (Phi) is 4.45. The predicted molar refractivity (Wildman–Crippen MR) is 115 cm³/mol. The second-order valence-corrected chi connectivity index (χ2v) is 7.98. The van der Waals surface area contributed by atoms with E-state index in [-0.39, 0.29) is 5.91 Å². The maximum atomic E-state index is 12.6. The molecule has 1 N–H and O–H groups in total. The van der Waals surface area contributed by atoms with Crippen LogP contribution in [0.25, 0.3) is 21.8 Å². The summed E-state index contributed by atoms with van der Waals surface area (Å²) in [6.45, 7) is 0. The van der Waals surface area contributed by atoms with E-state index in [0.717, 1.165) is 46.8 Å². The molecular formula is C23H19N3OS. The maximum absolute atomic E-state index is 12.6. The van der Waals surface area contributed by atoms with Gasteiger partial charge in [0.05, 0.1) is 28.7 Å². The van der Waals surface area contributed by atoms with Gasteiger partial charge in [-0.3, -0.25) is 14.8 Å². The molecule has 4 aromatic rings. The molecule has 1 aliphatic carbocycles. The Bertz CT molecular complexity index is 1210. The van der Waals surface area contributed by atoms with Crippen LogP contribution < -0.4 is 5.32 Å². The van der Waals surface area contributed by atoms with Gasteiger partial charge in [-0.15, -0.1) is 11.8 Å². The normalized spacial score (nSPS) is 13.0. The molecule has 2 aromatic heterocycles. The maximum Gasteiger partial charge on any atom is 0.234 e.